The van der Waals surface area contributed by atoms with Crippen LogP contribution in [0.25, 0.3) is 0 Å². The van der Waals surface area contributed by atoms with Crippen LogP contribution in [-0.2, 0) is 0 Å². The predicted octanol–water partition coefficient (Wildman–Crippen LogP) is 2.27. The van der Waals surface area contributed by atoms with Crippen LogP contribution in [0.5, 0.6) is 0 Å². The Hall–Kier alpha value is -0.610. The molecule has 0 aromatic carbocycles. The number of pyridine rings is 1. The third-order valence-electron chi connectivity index (χ3n) is 2.11. The van der Waals surface area contributed by atoms with Crippen molar-refractivity contribution in [2.24, 2.45) is 5.92 Å². The molecule has 1 heterocycles. The van der Waals surface area contributed by atoms with Crippen LogP contribution in [0.2, 0.25) is 0 Å². The van der Waals surface area contributed by atoms with Crippen molar-refractivity contribution in [3.8, 4) is 0 Å². The van der Waals surface area contributed by atoms with E-state index in [4.69, 9.17) is 5.11 Å². The molecule has 0 aliphatic carbocycles. The van der Waals surface area contributed by atoms with Gasteiger partial charge >= 0.3 is 0 Å². The number of nitrogens with zero attached hydrogens (tertiary/aromatic N) is 1. The molecule has 0 radical (unpaired) electrons. The summed E-state index contributed by atoms with van der Waals surface area (Å²) >= 11 is 3.40. The van der Waals surface area contributed by atoms with Gasteiger partial charge in [-0.05, 0) is 27.9 Å². The highest BCUT2D eigenvalue weighted by atomic mass is 79.9. The van der Waals surface area contributed by atoms with Crippen LogP contribution in [0.1, 0.15) is 13.8 Å². The lowest BCUT2D eigenvalue weighted by Crippen LogP contribution is -2.29. The monoisotopic (exact) mass is 258 g/mol. The fraction of sp³-hybridized carbons (Fsp3) is 0.500. The van der Waals surface area contributed by atoms with Gasteiger partial charge in [0.15, 0.2) is 0 Å². The van der Waals surface area contributed by atoms with E-state index in [2.05, 4.69) is 40.1 Å². The van der Waals surface area contributed by atoms with Crippen LogP contribution >= 0.6 is 15.9 Å². The van der Waals surface area contributed by atoms with E-state index in [1.54, 1.807) is 12.4 Å². The molecule has 1 aromatic rings. The third kappa shape index (κ3) is 2.96. The van der Waals surface area contributed by atoms with Crippen LogP contribution in [0.15, 0.2) is 22.9 Å². The van der Waals surface area contributed by atoms with E-state index in [1.165, 1.54) is 0 Å². The molecule has 3 nitrogen and oxygen atoms in total. The van der Waals surface area contributed by atoms with Crippen molar-refractivity contribution >= 4 is 21.6 Å². The zero-order valence-electron chi connectivity index (χ0n) is 8.37. The van der Waals surface area contributed by atoms with E-state index < -0.39 is 0 Å². The Morgan fingerprint density at radius 1 is 1.57 bits per heavy atom. The lowest BCUT2D eigenvalue weighted by Gasteiger charge is -2.21. The summed E-state index contributed by atoms with van der Waals surface area (Å²) in [7, 11) is 0. The Morgan fingerprint density at radius 3 is 2.79 bits per heavy atom. The van der Waals surface area contributed by atoms with Gasteiger partial charge in [0.25, 0.3) is 0 Å². The number of aliphatic hydroxyl groups is 1. The first kappa shape index (κ1) is 11.5. The van der Waals surface area contributed by atoms with Crippen molar-refractivity contribution in [1.82, 2.24) is 4.98 Å². The summed E-state index contributed by atoms with van der Waals surface area (Å²) in [6.07, 6.45) is 3.46. The maximum absolute atomic E-state index is 9.16. The summed E-state index contributed by atoms with van der Waals surface area (Å²) in [5.74, 6) is 0.389. The highest BCUT2D eigenvalue weighted by molar-refractivity contribution is 9.10. The minimum absolute atomic E-state index is 0.0775. The quantitative estimate of drug-likeness (QED) is 0.871. The number of anilines is 1. The van der Waals surface area contributed by atoms with Gasteiger partial charge in [-0.15, -0.1) is 0 Å². The van der Waals surface area contributed by atoms with Crippen LogP contribution in [0, 0.1) is 5.92 Å². The normalized spacial score (nSPS) is 12.9. The van der Waals surface area contributed by atoms with E-state index in [1.807, 2.05) is 6.07 Å². The standard InChI is InChI=1S/C10H15BrN2O/c1-7(2)10(6-14)13-9-3-4-12-5-8(9)11/h3-5,7,10,14H,6H2,1-2H3,(H,12,13). The van der Waals surface area contributed by atoms with Gasteiger partial charge in [-0.2, -0.15) is 0 Å². The average Bonchev–Trinajstić information content (AvgIpc) is 2.16. The predicted molar refractivity (Wildman–Crippen MR) is 61.3 cm³/mol. The summed E-state index contributed by atoms with van der Waals surface area (Å²) < 4.78 is 0.916. The molecule has 0 bridgehead atoms. The first-order chi connectivity index (χ1) is 6.65. The minimum atomic E-state index is 0.0775. The fourth-order valence-corrected chi connectivity index (χ4v) is 1.48. The van der Waals surface area contributed by atoms with E-state index in [-0.39, 0.29) is 12.6 Å². The van der Waals surface area contributed by atoms with Gasteiger partial charge in [0.05, 0.1) is 22.8 Å². The molecule has 0 spiro atoms. The third-order valence-corrected chi connectivity index (χ3v) is 2.75. The van der Waals surface area contributed by atoms with E-state index in [0.717, 1.165) is 10.2 Å². The van der Waals surface area contributed by atoms with Gasteiger partial charge < -0.3 is 10.4 Å². The molecule has 1 aromatic heterocycles. The van der Waals surface area contributed by atoms with Crippen molar-refractivity contribution in [2.45, 2.75) is 19.9 Å². The Bertz CT molecular complexity index is 291. The highest BCUT2D eigenvalue weighted by Crippen LogP contribution is 2.22. The molecule has 1 rings (SSSR count). The lowest BCUT2D eigenvalue weighted by molar-refractivity contribution is 0.249. The second kappa shape index (κ2) is 5.32. The van der Waals surface area contributed by atoms with Gasteiger partial charge in [-0.3, -0.25) is 4.98 Å². The number of hydrogen-bond donors (Lipinski definition) is 2. The molecule has 0 aliphatic rings. The molecule has 0 amide bonds. The Kier molecular flexibility index (Phi) is 4.35. The van der Waals surface area contributed by atoms with E-state index in [0.29, 0.717) is 5.92 Å². The number of hydrogen-bond acceptors (Lipinski definition) is 3. The molecule has 4 heteroatoms. The average molecular weight is 259 g/mol. The number of aromatic nitrogens is 1. The van der Waals surface area contributed by atoms with Gasteiger partial charge in [0, 0.05) is 12.4 Å². The SMILES string of the molecule is CC(C)C(CO)Nc1ccncc1Br. The largest absolute Gasteiger partial charge is 0.394 e. The highest BCUT2D eigenvalue weighted by Gasteiger charge is 2.12. The van der Waals surface area contributed by atoms with E-state index >= 15 is 0 Å². The van der Waals surface area contributed by atoms with Crippen molar-refractivity contribution in [3.05, 3.63) is 22.9 Å². The number of nitrogens with one attached hydrogen (secondary N) is 1. The molecule has 1 atom stereocenters. The fourth-order valence-electron chi connectivity index (χ4n) is 1.12. The molecular formula is C10H15BrN2O. The second-order valence-corrected chi connectivity index (χ2v) is 4.39. The van der Waals surface area contributed by atoms with Crippen molar-refractivity contribution < 1.29 is 5.11 Å². The Balaban J connectivity index is 2.72. The minimum Gasteiger partial charge on any atom is -0.394 e. The van der Waals surface area contributed by atoms with Crippen molar-refractivity contribution in [1.29, 1.82) is 0 Å². The topological polar surface area (TPSA) is 45.1 Å². The maximum atomic E-state index is 9.16. The van der Waals surface area contributed by atoms with Crippen LogP contribution in [0.4, 0.5) is 5.69 Å². The van der Waals surface area contributed by atoms with Crippen molar-refractivity contribution in [3.63, 3.8) is 0 Å². The summed E-state index contributed by atoms with van der Waals surface area (Å²) in [6, 6.07) is 1.96. The van der Waals surface area contributed by atoms with Crippen molar-refractivity contribution in [2.75, 3.05) is 11.9 Å². The second-order valence-electron chi connectivity index (χ2n) is 3.53. The number of aliphatic hydroxyl groups excluding tert-OH is 1. The van der Waals surface area contributed by atoms with Gasteiger partial charge in [-0.1, -0.05) is 13.8 Å². The molecule has 0 fully saturated rings. The molecule has 0 saturated heterocycles. The summed E-state index contributed by atoms with van der Waals surface area (Å²) in [5.41, 5.74) is 0.966. The van der Waals surface area contributed by atoms with E-state index in [9.17, 15) is 0 Å². The first-order valence-electron chi connectivity index (χ1n) is 4.62. The molecule has 78 valence electrons. The number of halogens is 1. The molecule has 14 heavy (non-hydrogen) atoms. The smallest absolute Gasteiger partial charge is 0.0635 e. The summed E-state index contributed by atoms with van der Waals surface area (Å²) in [5, 5.41) is 12.4. The Morgan fingerprint density at radius 2 is 2.29 bits per heavy atom. The maximum Gasteiger partial charge on any atom is 0.0635 e. The number of rotatable bonds is 4. The van der Waals surface area contributed by atoms with Gasteiger partial charge in [-0.25, -0.2) is 0 Å². The first-order valence-corrected chi connectivity index (χ1v) is 5.41. The zero-order chi connectivity index (χ0) is 10.6. The molecule has 1 unspecified atom stereocenters. The molecule has 0 saturated carbocycles. The zero-order valence-corrected chi connectivity index (χ0v) is 9.95. The van der Waals surface area contributed by atoms with Crippen LogP contribution in [-0.4, -0.2) is 22.7 Å². The summed E-state index contributed by atoms with van der Waals surface area (Å²) in [4.78, 5) is 3.97. The molecule has 0 aliphatic heterocycles. The lowest BCUT2D eigenvalue weighted by atomic mass is 10.1. The van der Waals surface area contributed by atoms with Gasteiger partial charge in [0.2, 0.25) is 0 Å². The molecular weight excluding hydrogens is 244 g/mol. The summed E-state index contributed by atoms with van der Waals surface area (Å²) in [6.45, 7) is 4.28. The van der Waals surface area contributed by atoms with Crippen LogP contribution in [0.3, 0.4) is 0 Å². The Labute approximate surface area is 92.7 Å². The van der Waals surface area contributed by atoms with Gasteiger partial charge in [0.1, 0.15) is 0 Å². The van der Waals surface area contributed by atoms with Crippen LogP contribution < -0.4 is 5.32 Å². The molecule has 2 N–H and O–H groups in total.